The number of hydrogen-bond donors (Lipinski definition) is 1. The van der Waals surface area contributed by atoms with Gasteiger partial charge in [0, 0.05) is 6.42 Å². The number of hydrogen-bond acceptors (Lipinski definition) is 4. The molecular weight excluding hydrogens is 278 g/mol. The van der Waals surface area contributed by atoms with E-state index in [-0.39, 0.29) is 5.71 Å². The van der Waals surface area contributed by atoms with Crippen LogP contribution in [0.3, 0.4) is 0 Å². The third kappa shape index (κ3) is 8.40. The minimum Gasteiger partial charge on any atom is -0.461 e. The van der Waals surface area contributed by atoms with Gasteiger partial charge in [0.15, 0.2) is 5.71 Å². The van der Waals surface area contributed by atoms with Crippen molar-refractivity contribution >= 4 is 11.7 Å². The van der Waals surface area contributed by atoms with Gasteiger partial charge >= 0.3 is 5.97 Å². The van der Waals surface area contributed by atoms with Gasteiger partial charge in [-0.2, -0.15) is 0 Å². The standard InChI is InChI=1S/C18H33NO3/c1-2-3-4-5-6-9-15-22-18(20)17(19-21)14-8-7-11-16-12-10-13-16/h16,21H,2-15H2,1H3/b19-17-. The van der Waals surface area contributed by atoms with Gasteiger partial charge in [0.05, 0.1) is 6.61 Å². The van der Waals surface area contributed by atoms with Crippen molar-refractivity contribution in [1.29, 1.82) is 0 Å². The molecule has 0 heterocycles. The van der Waals surface area contributed by atoms with Crippen LogP contribution in [-0.4, -0.2) is 23.5 Å². The number of carbonyl (C=O) groups excluding carboxylic acids is 1. The van der Waals surface area contributed by atoms with Crippen LogP contribution in [0, 0.1) is 5.92 Å². The maximum Gasteiger partial charge on any atom is 0.356 e. The molecule has 0 atom stereocenters. The van der Waals surface area contributed by atoms with E-state index in [1.807, 2.05) is 0 Å². The summed E-state index contributed by atoms with van der Waals surface area (Å²) in [7, 11) is 0. The monoisotopic (exact) mass is 311 g/mol. The molecule has 0 unspecified atom stereocenters. The first-order valence-electron chi connectivity index (χ1n) is 9.16. The van der Waals surface area contributed by atoms with Crippen molar-refractivity contribution < 1.29 is 14.7 Å². The van der Waals surface area contributed by atoms with Crippen molar-refractivity contribution in [2.45, 2.75) is 90.4 Å². The maximum absolute atomic E-state index is 11.8. The Morgan fingerprint density at radius 3 is 2.45 bits per heavy atom. The molecule has 1 rings (SSSR count). The van der Waals surface area contributed by atoms with Crippen LogP contribution in [0.25, 0.3) is 0 Å². The molecule has 0 saturated heterocycles. The topological polar surface area (TPSA) is 58.9 Å². The normalized spacial score (nSPS) is 15.6. The SMILES string of the molecule is CCCCCCCCOC(=O)/C(CCCCC1CCC1)=N\O. The van der Waals surface area contributed by atoms with Crippen LogP contribution < -0.4 is 0 Å². The number of ether oxygens (including phenoxy) is 1. The summed E-state index contributed by atoms with van der Waals surface area (Å²) in [5, 5.41) is 12.1. The molecule has 0 radical (unpaired) electrons. The fourth-order valence-corrected chi connectivity index (χ4v) is 2.83. The zero-order valence-electron chi connectivity index (χ0n) is 14.2. The lowest BCUT2D eigenvalue weighted by atomic mass is 9.81. The lowest BCUT2D eigenvalue weighted by Gasteiger charge is -2.24. The van der Waals surface area contributed by atoms with Crippen molar-refractivity contribution in [2.24, 2.45) is 11.1 Å². The smallest absolute Gasteiger partial charge is 0.356 e. The predicted molar refractivity (Wildman–Crippen MR) is 89.4 cm³/mol. The van der Waals surface area contributed by atoms with Gasteiger partial charge in [-0.05, 0) is 18.8 Å². The molecule has 0 spiro atoms. The second-order valence-electron chi connectivity index (χ2n) is 6.49. The zero-order chi connectivity index (χ0) is 16.0. The van der Waals surface area contributed by atoms with Gasteiger partial charge in [-0.25, -0.2) is 4.79 Å². The van der Waals surface area contributed by atoms with Gasteiger partial charge in [-0.3, -0.25) is 0 Å². The minimum absolute atomic E-state index is 0.180. The molecule has 1 aliphatic rings. The van der Waals surface area contributed by atoms with Gasteiger partial charge in [0.1, 0.15) is 0 Å². The highest BCUT2D eigenvalue weighted by Gasteiger charge is 2.17. The van der Waals surface area contributed by atoms with E-state index in [1.54, 1.807) is 0 Å². The Kier molecular flexibility index (Phi) is 10.8. The summed E-state index contributed by atoms with van der Waals surface area (Å²) >= 11 is 0. The van der Waals surface area contributed by atoms with Crippen molar-refractivity contribution in [3.05, 3.63) is 0 Å². The van der Waals surface area contributed by atoms with Crippen LogP contribution in [0.15, 0.2) is 5.16 Å². The summed E-state index contributed by atoms with van der Waals surface area (Å²) in [6, 6.07) is 0. The van der Waals surface area contributed by atoms with Crippen LogP contribution in [-0.2, 0) is 9.53 Å². The molecule has 1 fully saturated rings. The molecule has 1 saturated carbocycles. The lowest BCUT2D eigenvalue weighted by molar-refractivity contribution is -0.136. The van der Waals surface area contributed by atoms with Crippen LogP contribution >= 0.6 is 0 Å². The molecule has 4 heteroatoms. The Labute approximate surface area is 135 Å². The van der Waals surface area contributed by atoms with E-state index in [0.29, 0.717) is 13.0 Å². The van der Waals surface area contributed by atoms with E-state index in [9.17, 15) is 4.79 Å². The van der Waals surface area contributed by atoms with E-state index >= 15 is 0 Å². The van der Waals surface area contributed by atoms with Crippen molar-refractivity contribution in [1.82, 2.24) is 0 Å². The molecule has 128 valence electrons. The number of carbonyl (C=O) groups is 1. The van der Waals surface area contributed by atoms with E-state index in [1.165, 1.54) is 51.4 Å². The average molecular weight is 311 g/mol. The van der Waals surface area contributed by atoms with Crippen molar-refractivity contribution in [3.63, 3.8) is 0 Å². The summed E-state index contributed by atoms with van der Waals surface area (Å²) < 4.78 is 5.18. The highest BCUT2D eigenvalue weighted by molar-refractivity contribution is 6.36. The Morgan fingerprint density at radius 2 is 1.82 bits per heavy atom. The van der Waals surface area contributed by atoms with Crippen LogP contribution in [0.4, 0.5) is 0 Å². The number of esters is 1. The quantitative estimate of drug-likeness (QED) is 0.170. The van der Waals surface area contributed by atoms with E-state index in [0.717, 1.165) is 31.6 Å². The molecule has 22 heavy (non-hydrogen) atoms. The summed E-state index contributed by atoms with van der Waals surface area (Å²) in [5.41, 5.74) is 0.180. The average Bonchev–Trinajstić information content (AvgIpc) is 2.48. The first-order chi connectivity index (χ1) is 10.8. The molecular formula is C18H33NO3. The second kappa shape index (κ2) is 12.5. The molecule has 0 aromatic heterocycles. The highest BCUT2D eigenvalue weighted by atomic mass is 16.5. The van der Waals surface area contributed by atoms with E-state index in [2.05, 4.69) is 12.1 Å². The number of rotatable bonds is 13. The summed E-state index contributed by atoms with van der Waals surface area (Å²) in [5.74, 6) is 0.453. The zero-order valence-corrected chi connectivity index (χ0v) is 14.2. The Balaban J connectivity index is 2.00. The molecule has 0 bridgehead atoms. The summed E-state index contributed by atoms with van der Waals surface area (Å²) in [4.78, 5) is 11.8. The Hall–Kier alpha value is -1.06. The fraction of sp³-hybridized carbons (Fsp3) is 0.889. The largest absolute Gasteiger partial charge is 0.461 e. The number of unbranched alkanes of at least 4 members (excludes halogenated alkanes) is 6. The van der Waals surface area contributed by atoms with Crippen molar-refractivity contribution in [2.75, 3.05) is 6.61 Å². The Bertz CT molecular complexity index is 324. The lowest BCUT2D eigenvalue weighted by Crippen LogP contribution is -2.18. The Morgan fingerprint density at radius 1 is 1.09 bits per heavy atom. The van der Waals surface area contributed by atoms with Gasteiger partial charge < -0.3 is 9.94 Å². The predicted octanol–water partition coefficient (Wildman–Crippen LogP) is 5.08. The third-order valence-electron chi connectivity index (χ3n) is 4.59. The van der Waals surface area contributed by atoms with Gasteiger partial charge in [-0.1, -0.05) is 76.3 Å². The van der Waals surface area contributed by atoms with Crippen LogP contribution in [0.1, 0.15) is 90.4 Å². The van der Waals surface area contributed by atoms with Gasteiger partial charge in [0.2, 0.25) is 0 Å². The highest BCUT2D eigenvalue weighted by Crippen LogP contribution is 2.30. The molecule has 1 N–H and O–H groups in total. The first kappa shape index (κ1) is 19.0. The molecule has 1 aliphatic carbocycles. The van der Waals surface area contributed by atoms with E-state index < -0.39 is 5.97 Å². The molecule has 0 amide bonds. The molecule has 0 aromatic rings. The number of oxime groups is 1. The maximum atomic E-state index is 11.8. The van der Waals surface area contributed by atoms with Gasteiger partial charge in [-0.15, -0.1) is 0 Å². The van der Waals surface area contributed by atoms with Crippen molar-refractivity contribution in [3.8, 4) is 0 Å². The van der Waals surface area contributed by atoms with Crippen LogP contribution in [0.5, 0.6) is 0 Å². The first-order valence-corrected chi connectivity index (χ1v) is 9.16. The summed E-state index contributed by atoms with van der Waals surface area (Å²) in [6.07, 6.45) is 14.9. The summed E-state index contributed by atoms with van der Waals surface area (Å²) in [6.45, 7) is 2.63. The third-order valence-corrected chi connectivity index (χ3v) is 4.59. The molecule has 4 nitrogen and oxygen atoms in total. The fourth-order valence-electron chi connectivity index (χ4n) is 2.83. The van der Waals surface area contributed by atoms with Crippen LogP contribution in [0.2, 0.25) is 0 Å². The van der Waals surface area contributed by atoms with E-state index in [4.69, 9.17) is 9.94 Å². The number of nitrogens with zero attached hydrogens (tertiary/aromatic N) is 1. The molecule has 0 aromatic carbocycles. The second-order valence-corrected chi connectivity index (χ2v) is 6.49. The molecule has 0 aliphatic heterocycles. The van der Waals surface area contributed by atoms with Gasteiger partial charge in [0.25, 0.3) is 0 Å². The minimum atomic E-state index is -0.445.